The number of aliphatic hydroxyl groups excluding tert-OH is 1. The van der Waals surface area contributed by atoms with E-state index in [0.29, 0.717) is 36.4 Å². The molecule has 1 fully saturated rings. The van der Waals surface area contributed by atoms with E-state index >= 15 is 0 Å². The van der Waals surface area contributed by atoms with E-state index in [2.05, 4.69) is 20.8 Å². The molecule has 34 heavy (non-hydrogen) atoms. The Morgan fingerprint density at radius 2 is 1.82 bits per heavy atom. The quantitative estimate of drug-likeness (QED) is 0.480. The highest BCUT2D eigenvalue weighted by atomic mass is 16.5. The normalized spacial score (nSPS) is 38.4. The Morgan fingerprint density at radius 1 is 1.09 bits per heavy atom. The minimum atomic E-state index is -0.645. The summed E-state index contributed by atoms with van der Waals surface area (Å²) in [5.41, 5.74) is 4.27. The van der Waals surface area contributed by atoms with Gasteiger partial charge < -0.3 is 9.84 Å². The molecule has 5 nitrogen and oxygen atoms in total. The maximum Gasteiger partial charge on any atom is 0.302 e. The number of esters is 1. The largest absolute Gasteiger partial charge is 0.463 e. The molecular weight excluding hydrogens is 426 g/mol. The Hall–Kier alpha value is -1.49. The number of allylic oxidation sites excluding steroid dienone is 2. The van der Waals surface area contributed by atoms with Crippen LogP contribution in [0.3, 0.4) is 0 Å². The van der Waals surface area contributed by atoms with Crippen LogP contribution in [0.5, 0.6) is 0 Å². The van der Waals surface area contributed by atoms with Crippen LogP contribution in [-0.2, 0) is 14.3 Å². The minimum Gasteiger partial charge on any atom is -0.463 e. The molecule has 3 aliphatic carbocycles. The first-order valence-corrected chi connectivity index (χ1v) is 13.6. The maximum absolute atomic E-state index is 12.3. The van der Waals surface area contributed by atoms with Gasteiger partial charge in [-0.15, -0.1) is 0 Å². The number of aliphatic imine (C=N–C) groups is 1. The van der Waals surface area contributed by atoms with Crippen LogP contribution in [-0.4, -0.2) is 34.9 Å². The Morgan fingerprint density at radius 3 is 2.50 bits per heavy atom. The third-order valence-electron chi connectivity index (χ3n) is 10.0. The third kappa shape index (κ3) is 4.54. The molecule has 4 rings (SSSR count). The van der Waals surface area contributed by atoms with Gasteiger partial charge in [-0.3, -0.25) is 14.6 Å². The number of carbonyl (C=O) groups is 2. The van der Waals surface area contributed by atoms with Crippen molar-refractivity contribution in [3.8, 4) is 0 Å². The predicted molar refractivity (Wildman–Crippen MR) is 134 cm³/mol. The fourth-order valence-electron chi connectivity index (χ4n) is 7.89. The van der Waals surface area contributed by atoms with Gasteiger partial charge in [0.1, 0.15) is 18.1 Å². The van der Waals surface area contributed by atoms with Crippen molar-refractivity contribution in [3.05, 3.63) is 11.1 Å². The molecule has 1 heterocycles. The van der Waals surface area contributed by atoms with E-state index in [1.165, 1.54) is 18.2 Å². The lowest BCUT2D eigenvalue weighted by Gasteiger charge is -2.56. The monoisotopic (exact) mass is 471 g/mol. The molecule has 0 aromatic heterocycles. The van der Waals surface area contributed by atoms with Gasteiger partial charge in [0.2, 0.25) is 0 Å². The smallest absolute Gasteiger partial charge is 0.302 e. The van der Waals surface area contributed by atoms with Crippen molar-refractivity contribution in [2.75, 3.05) is 0 Å². The predicted octanol–water partition coefficient (Wildman–Crippen LogP) is 6.04. The SMILES string of the molecule is CC(=O)O[C@@H]1CC[C@]2(C)C3=C(CC[C@@H]2C1)C1=N[C@H](O)C[C@H]([C@H](C)CCC(=O)C(C)C)[C@@]1(C)CC3. The van der Waals surface area contributed by atoms with Crippen LogP contribution in [0.4, 0.5) is 0 Å². The van der Waals surface area contributed by atoms with Gasteiger partial charge in [0.25, 0.3) is 0 Å². The number of Topliss-reactive ketones (excluding diaryl/α,β-unsaturated/α-hetero) is 1. The number of fused-ring (bicyclic) bond motifs is 4. The Labute approximate surface area is 205 Å². The van der Waals surface area contributed by atoms with Crippen LogP contribution >= 0.6 is 0 Å². The molecule has 0 amide bonds. The molecule has 1 aliphatic heterocycles. The fraction of sp³-hybridized carbons (Fsp3) is 0.828. The summed E-state index contributed by atoms with van der Waals surface area (Å²) in [4.78, 5) is 28.7. The zero-order valence-corrected chi connectivity index (χ0v) is 22.2. The molecular formula is C29H45NO4. The van der Waals surface area contributed by atoms with Gasteiger partial charge in [-0.1, -0.05) is 40.2 Å². The van der Waals surface area contributed by atoms with E-state index in [1.807, 2.05) is 13.8 Å². The molecule has 1 saturated carbocycles. The zero-order valence-electron chi connectivity index (χ0n) is 22.2. The summed E-state index contributed by atoms with van der Waals surface area (Å²) < 4.78 is 5.60. The van der Waals surface area contributed by atoms with Gasteiger partial charge in [-0.05, 0) is 86.5 Å². The van der Waals surface area contributed by atoms with Gasteiger partial charge in [0, 0.05) is 30.4 Å². The minimum absolute atomic E-state index is 0.0313. The number of ether oxygens (including phenoxy) is 1. The Bertz CT molecular complexity index is 889. The molecule has 0 bridgehead atoms. The standard InChI is InChI=1S/C29H45NO4/c1-17(2)25(32)10-7-18(3)24-16-26(33)30-27-22-9-8-20-15-21(34-19(4)31)11-13-28(20,5)23(22)12-14-29(24,27)6/h17-18,20-21,24,26,33H,7-16H2,1-6H3/t18-,20-,21-,24-,26-,28+,29-/m1/s1. The number of ketones is 1. The molecule has 0 aromatic carbocycles. The van der Waals surface area contributed by atoms with Gasteiger partial charge in [-0.2, -0.15) is 0 Å². The number of hydrogen-bond acceptors (Lipinski definition) is 5. The molecule has 5 heteroatoms. The zero-order chi connectivity index (χ0) is 24.8. The summed E-state index contributed by atoms with van der Waals surface area (Å²) in [7, 11) is 0. The first-order valence-electron chi connectivity index (χ1n) is 13.6. The van der Waals surface area contributed by atoms with Crippen LogP contribution < -0.4 is 0 Å². The maximum atomic E-state index is 12.3. The summed E-state index contributed by atoms with van der Waals surface area (Å²) in [6, 6.07) is 0. The Balaban J connectivity index is 1.58. The number of carbonyl (C=O) groups excluding carboxylic acids is 2. The van der Waals surface area contributed by atoms with Gasteiger partial charge in [0.05, 0.1) is 0 Å². The van der Waals surface area contributed by atoms with Crippen molar-refractivity contribution in [3.63, 3.8) is 0 Å². The van der Waals surface area contributed by atoms with E-state index in [1.54, 1.807) is 5.57 Å². The highest BCUT2D eigenvalue weighted by molar-refractivity contribution is 6.06. The van der Waals surface area contributed by atoms with E-state index < -0.39 is 6.23 Å². The van der Waals surface area contributed by atoms with Crippen molar-refractivity contribution >= 4 is 17.5 Å². The van der Waals surface area contributed by atoms with Crippen molar-refractivity contribution in [2.24, 2.45) is 39.5 Å². The van der Waals surface area contributed by atoms with Crippen LogP contribution in [0.25, 0.3) is 0 Å². The highest BCUT2D eigenvalue weighted by Crippen LogP contribution is 2.60. The molecule has 0 unspecified atom stereocenters. The summed E-state index contributed by atoms with van der Waals surface area (Å²) in [5.74, 6) is 1.52. The summed E-state index contributed by atoms with van der Waals surface area (Å²) in [6.07, 6.45) is 8.85. The lowest BCUT2D eigenvalue weighted by atomic mass is 9.50. The second-order valence-corrected chi connectivity index (χ2v) is 12.5. The molecule has 4 aliphatic rings. The molecule has 0 aromatic rings. The van der Waals surface area contributed by atoms with Crippen molar-refractivity contribution in [2.45, 2.75) is 118 Å². The number of nitrogens with zero attached hydrogens (tertiary/aromatic N) is 1. The van der Waals surface area contributed by atoms with Crippen LogP contribution in [0.15, 0.2) is 16.1 Å². The number of aliphatic hydroxyl groups is 1. The lowest BCUT2D eigenvalue weighted by Crippen LogP contribution is -2.51. The molecule has 1 N–H and O–H groups in total. The van der Waals surface area contributed by atoms with Crippen molar-refractivity contribution < 1.29 is 19.4 Å². The molecule has 190 valence electrons. The fourth-order valence-corrected chi connectivity index (χ4v) is 7.89. The second-order valence-electron chi connectivity index (χ2n) is 12.5. The average Bonchev–Trinajstić information content (AvgIpc) is 2.76. The molecule has 0 saturated heterocycles. The van der Waals surface area contributed by atoms with Crippen LogP contribution in [0.1, 0.15) is 106 Å². The van der Waals surface area contributed by atoms with E-state index in [9.17, 15) is 14.7 Å². The molecule has 0 spiro atoms. The lowest BCUT2D eigenvalue weighted by molar-refractivity contribution is -0.150. The van der Waals surface area contributed by atoms with E-state index in [4.69, 9.17) is 9.73 Å². The van der Waals surface area contributed by atoms with Crippen LogP contribution in [0.2, 0.25) is 0 Å². The van der Waals surface area contributed by atoms with Crippen molar-refractivity contribution in [1.29, 1.82) is 0 Å². The summed E-state index contributed by atoms with van der Waals surface area (Å²) >= 11 is 0. The Kier molecular flexibility index (Phi) is 7.17. The number of rotatable bonds is 6. The van der Waals surface area contributed by atoms with Crippen LogP contribution in [0, 0.1) is 34.5 Å². The van der Waals surface area contributed by atoms with E-state index in [0.717, 1.165) is 51.4 Å². The van der Waals surface area contributed by atoms with Gasteiger partial charge in [-0.25, -0.2) is 0 Å². The van der Waals surface area contributed by atoms with Gasteiger partial charge >= 0.3 is 5.97 Å². The first kappa shape index (κ1) is 25.6. The molecule has 0 radical (unpaired) electrons. The summed E-state index contributed by atoms with van der Waals surface area (Å²) in [6.45, 7) is 12.6. The summed E-state index contributed by atoms with van der Waals surface area (Å²) in [5, 5.41) is 10.8. The average molecular weight is 472 g/mol. The first-order chi connectivity index (χ1) is 16.0. The second kappa shape index (κ2) is 9.52. The topological polar surface area (TPSA) is 76.0 Å². The van der Waals surface area contributed by atoms with Crippen molar-refractivity contribution in [1.82, 2.24) is 0 Å². The third-order valence-corrected chi connectivity index (χ3v) is 10.0. The van der Waals surface area contributed by atoms with Gasteiger partial charge in [0.15, 0.2) is 0 Å². The number of hydrogen-bond donors (Lipinski definition) is 1. The highest BCUT2D eigenvalue weighted by Gasteiger charge is 2.54. The van der Waals surface area contributed by atoms with E-state index in [-0.39, 0.29) is 28.8 Å². The molecule has 7 atom stereocenters.